The fraction of sp³-hybridized carbons (Fsp3) is 0.440. The standard InChI is InChI=1S/C25H30ClN5O4S2/c1-19-14-21(26)17-22(15-19)35-23-3-2-20(18-27)16-24(23)37(32,33)31-8-6-30(7-9-31)25(36)28-4-5-29-10-12-34-13-11-29/h2-3,14-17H,4-13H2,1H3,(H,28,36). The predicted molar refractivity (Wildman–Crippen MR) is 146 cm³/mol. The maximum Gasteiger partial charge on any atom is 0.246 e. The summed E-state index contributed by atoms with van der Waals surface area (Å²) in [7, 11) is -3.93. The van der Waals surface area contributed by atoms with E-state index in [1.807, 2.05) is 17.9 Å². The number of ether oxygens (including phenoxy) is 2. The molecule has 1 N–H and O–H groups in total. The van der Waals surface area contributed by atoms with Crippen LogP contribution in [0.4, 0.5) is 0 Å². The Morgan fingerprint density at radius 2 is 1.86 bits per heavy atom. The Morgan fingerprint density at radius 3 is 2.54 bits per heavy atom. The fourth-order valence-electron chi connectivity index (χ4n) is 4.28. The van der Waals surface area contributed by atoms with E-state index in [1.54, 1.807) is 18.2 Å². The summed E-state index contributed by atoms with van der Waals surface area (Å²) in [5, 5.41) is 13.8. The molecule has 2 saturated heterocycles. The second-order valence-electron chi connectivity index (χ2n) is 8.92. The van der Waals surface area contributed by atoms with Crippen LogP contribution in [-0.2, 0) is 14.8 Å². The third-order valence-corrected chi connectivity index (χ3v) is 8.81. The largest absolute Gasteiger partial charge is 0.456 e. The number of aryl methyl sites for hydroxylation is 1. The van der Waals surface area contributed by atoms with E-state index in [9.17, 15) is 13.7 Å². The molecule has 0 atom stereocenters. The zero-order valence-corrected chi connectivity index (χ0v) is 23.0. The number of nitrogens with one attached hydrogen (secondary N) is 1. The van der Waals surface area contributed by atoms with Gasteiger partial charge in [0, 0.05) is 57.4 Å². The lowest BCUT2D eigenvalue weighted by atomic mass is 10.2. The van der Waals surface area contributed by atoms with Crippen molar-refractivity contribution >= 4 is 39.0 Å². The van der Waals surface area contributed by atoms with Crippen LogP contribution < -0.4 is 10.1 Å². The van der Waals surface area contributed by atoms with Gasteiger partial charge in [-0.15, -0.1) is 0 Å². The highest BCUT2D eigenvalue weighted by molar-refractivity contribution is 7.89. The van der Waals surface area contributed by atoms with Gasteiger partial charge in [0.1, 0.15) is 16.4 Å². The molecule has 0 saturated carbocycles. The Hall–Kier alpha value is -2.46. The SMILES string of the molecule is Cc1cc(Cl)cc(Oc2ccc(C#N)cc2S(=O)(=O)N2CCN(C(=S)NCCN3CCOCC3)CC2)c1. The van der Waals surface area contributed by atoms with Crippen molar-refractivity contribution in [2.75, 3.05) is 65.6 Å². The van der Waals surface area contributed by atoms with Crippen molar-refractivity contribution < 1.29 is 17.9 Å². The van der Waals surface area contributed by atoms with Crippen molar-refractivity contribution in [3.63, 3.8) is 0 Å². The first-order chi connectivity index (χ1) is 17.8. The van der Waals surface area contributed by atoms with Crippen LogP contribution in [0.2, 0.25) is 5.02 Å². The van der Waals surface area contributed by atoms with Gasteiger partial charge < -0.3 is 19.7 Å². The third-order valence-electron chi connectivity index (χ3n) is 6.27. The zero-order valence-electron chi connectivity index (χ0n) is 20.7. The highest BCUT2D eigenvalue weighted by Gasteiger charge is 2.32. The van der Waals surface area contributed by atoms with Gasteiger partial charge in [0.2, 0.25) is 10.0 Å². The Bertz CT molecular complexity index is 1250. The number of piperazine rings is 1. The van der Waals surface area contributed by atoms with Crippen molar-refractivity contribution in [3.05, 3.63) is 52.5 Å². The fourth-order valence-corrected chi connectivity index (χ4v) is 6.41. The molecule has 198 valence electrons. The molecule has 2 aliphatic rings. The van der Waals surface area contributed by atoms with E-state index >= 15 is 0 Å². The molecule has 0 radical (unpaired) electrons. The second kappa shape index (κ2) is 12.4. The Kier molecular flexibility index (Phi) is 9.23. The summed E-state index contributed by atoms with van der Waals surface area (Å²) in [6, 6.07) is 11.6. The molecule has 9 nitrogen and oxygen atoms in total. The van der Waals surface area contributed by atoms with Crippen molar-refractivity contribution in [3.8, 4) is 17.6 Å². The van der Waals surface area contributed by atoms with Gasteiger partial charge in [0.15, 0.2) is 5.11 Å². The summed E-state index contributed by atoms with van der Waals surface area (Å²) in [5.74, 6) is 0.563. The van der Waals surface area contributed by atoms with Crippen molar-refractivity contribution in [2.45, 2.75) is 11.8 Å². The minimum absolute atomic E-state index is 0.0520. The predicted octanol–water partition coefficient (Wildman–Crippen LogP) is 2.83. The van der Waals surface area contributed by atoms with E-state index in [2.05, 4.69) is 10.2 Å². The molecule has 2 aromatic rings. The number of morpholine rings is 1. The molecule has 0 amide bonds. The Labute approximate surface area is 228 Å². The molecule has 0 aliphatic carbocycles. The number of halogens is 1. The van der Waals surface area contributed by atoms with E-state index in [1.165, 1.54) is 22.5 Å². The van der Waals surface area contributed by atoms with Gasteiger partial charge in [-0.25, -0.2) is 8.42 Å². The first-order valence-corrected chi connectivity index (χ1v) is 14.3. The lowest BCUT2D eigenvalue weighted by Crippen LogP contribution is -2.53. The molecule has 2 aromatic carbocycles. The number of sulfonamides is 1. The number of hydrogen-bond acceptors (Lipinski definition) is 7. The smallest absolute Gasteiger partial charge is 0.246 e. The first kappa shape index (κ1) is 27.6. The lowest BCUT2D eigenvalue weighted by molar-refractivity contribution is 0.0388. The van der Waals surface area contributed by atoms with E-state index in [0.29, 0.717) is 29.0 Å². The minimum Gasteiger partial charge on any atom is -0.456 e. The number of rotatable bonds is 7. The van der Waals surface area contributed by atoms with Crippen molar-refractivity contribution in [1.29, 1.82) is 5.26 Å². The molecule has 37 heavy (non-hydrogen) atoms. The van der Waals surface area contributed by atoms with Crippen LogP contribution in [-0.4, -0.2) is 93.2 Å². The molecule has 0 aromatic heterocycles. The van der Waals surface area contributed by atoms with Gasteiger partial charge >= 0.3 is 0 Å². The number of hydrogen-bond donors (Lipinski definition) is 1. The van der Waals surface area contributed by atoms with Gasteiger partial charge in [-0.1, -0.05) is 11.6 Å². The molecule has 0 spiro atoms. The summed E-state index contributed by atoms with van der Waals surface area (Å²) >= 11 is 11.7. The summed E-state index contributed by atoms with van der Waals surface area (Å²) in [5.41, 5.74) is 1.11. The average Bonchev–Trinajstić information content (AvgIpc) is 2.89. The average molecular weight is 564 g/mol. The molecule has 0 bridgehead atoms. The Balaban J connectivity index is 1.41. The number of nitrogens with zero attached hydrogens (tertiary/aromatic N) is 4. The van der Waals surface area contributed by atoms with E-state index < -0.39 is 10.0 Å². The molecule has 4 rings (SSSR count). The van der Waals surface area contributed by atoms with Crippen LogP contribution in [0, 0.1) is 18.3 Å². The highest BCUT2D eigenvalue weighted by atomic mass is 35.5. The van der Waals surface area contributed by atoms with Crippen LogP contribution in [0.1, 0.15) is 11.1 Å². The zero-order chi connectivity index (χ0) is 26.4. The van der Waals surface area contributed by atoms with Gasteiger partial charge in [-0.2, -0.15) is 9.57 Å². The normalized spacial score (nSPS) is 17.3. The van der Waals surface area contributed by atoms with Crippen LogP contribution in [0.25, 0.3) is 0 Å². The second-order valence-corrected chi connectivity index (χ2v) is 11.6. The summed E-state index contributed by atoms with van der Waals surface area (Å²) in [4.78, 5) is 4.26. The minimum atomic E-state index is -3.93. The maximum atomic E-state index is 13.7. The van der Waals surface area contributed by atoms with Crippen LogP contribution >= 0.6 is 23.8 Å². The first-order valence-electron chi connectivity index (χ1n) is 12.1. The highest BCUT2D eigenvalue weighted by Crippen LogP contribution is 2.33. The van der Waals surface area contributed by atoms with Gasteiger partial charge in [0.25, 0.3) is 0 Å². The Morgan fingerprint density at radius 1 is 1.14 bits per heavy atom. The molecular weight excluding hydrogens is 534 g/mol. The summed E-state index contributed by atoms with van der Waals surface area (Å²) < 4.78 is 40.0. The maximum absolute atomic E-state index is 13.7. The molecular formula is C25H30ClN5O4S2. The number of thiocarbonyl (C=S) groups is 1. The molecule has 2 heterocycles. The summed E-state index contributed by atoms with van der Waals surface area (Å²) in [6.45, 7) is 8.27. The quantitative estimate of drug-likeness (QED) is 0.510. The van der Waals surface area contributed by atoms with E-state index in [-0.39, 0.29) is 29.3 Å². The van der Waals surface area contributed by atoms with Crippen molar-refractivity contribution in [2.24, 2.45) is 0 Å². The molecule has 2 aliphatic heterocycles. The van der Waals surface area contributed by atoms with Crippen molar-refractivity contribution in [1.82, 2.24) is 19.4 Å². The van der Waals surface area contributed by atoms with E-state index in [0.717, 1.165) is 45.0 Å². The molecule has 12 heteroatoms. The topological polar surface area (TPSA) is 98.1 Å². The van der Waals surface area contributed by atoms with Gasteiger partial charge in [0.05, 0.1) is 24.8 Å². The van der Waals surface area contributed by atoms with Gasteiger partial charge in [-0.05, 0) is 61.1 Å². The molecule has 2 fully saturated rings. The van der Waals surface area contributed by atoms with Crippen LogP contribution in [0.15, 0.2) is 41.3 Å². The van der Waals surface area contributed by atoms with Crippen LogP contribution in [0.3, 0.4) is 0 Å². The summed E-state index contributed by atoms with van der Waals surface area (Å²) in [6.07, 6.45) is 0. The molecule has 0 unspecified atom stereocenters. The van der Waals surface area contributed by atoms with Gasteiger partial charge in [-0.3, -0.25) is 4.90 Å². The third kappa shape index (κ3) is 7.10. The number of benzene rings is 2. The lowest BCUT2D eigenvalue weighted by Gasteiger charge is -2.36. The van der Waals surface area contributed by atoms with Crippen LogP contribution in [0.5, 0.6) is 11.5 Å². The monoisotopic (exact) mass is 563 g/mol. The van der Waals surface area contributed by atoms with E-state index in [4.69, 9.17) is 33.3 Å². The number of nitriles is 1.